The van der Waals surface area contributed by atoms with Crippen LogP contribution < -0.4 is 0 Å². The van der Waals surface area contributed by atoms with E-state index in [1.165, 1.54) is 11.3 Å². The average molecular weight is 306 g/mol. The minimum absolute atomic E-state index is 0.0303. The lowest BCUT2D eigenvalue weighted by atomic mass is 10.2. The van der Waals surface area contributed by atoms with Crippen LogP contribution in [0.5, 0.6) is 0 Å². The van der Waals surface area contributed by atoms with E-state index in [2.05, 4.69) is 16.4 Å². The lowest BCUT2D eigenvalue weighted by Crippen LogP contribution is -1.97. The molecule has 8 heteroatoms. The maximum atomic E-state index is 11.8. The van der Waals surface area contributed by atoms with Crippen molar-refractivity contribution in [1.29, 1.82) is 5.26 Å². The highest BCUT2D eigenvalue weighted by Crippen LogP contribution is 2.44. The zero-order valence-corrected chi connectivity index (χ0v) is 12.7. The van der Waals surface area contributed by atoms with Gasteiger partial charge >= 0.3 is 7.60 Å². The molecule has 0 saturated heterocycles. The number of hydrogen-bond acceptors (Lipinski definition) is 6. The normalized spacial score (nSPS) is 13.6. The maximum absolute atomic E-state index is 11.8. The van der Waals surface area contributed by atoms with Crippen molar-refractivity contribution >= 4 is 7.60 Å². The second kappa shape index (κ2) is 6.64. The van der Waals surface area contributed by atoms with Gasteiger partial charge in [0.25, 0.3) is 0 Å². The molecule has 0 radical (unpaired) electrons. The molecule has 1 unspecified atom stereocenters. The summed E-state index contributed by atoms with van der Waals surface area (Å²) in [5, 5.41) is 16.9. The summed E-state index contributed by atoms with van der Waals surface area (Å²) in [6.07, 6.45) is 1.63. The van der Waals surface area contributed by atoms with E-state index in [4.69, 9.17) is 14.3 Å². The van der Waals surface area contributed by atoms with Crippen LogP contribution in [0, 0.1) is 11.3 Å². The largest absolute Gasteiger partial charge is 0.328 e. The summed E-state index contributed by atoms with van der Waals surface area (Å²) in [6.45, 7) is 3.50. The van der Waals surface area contributed by atoms with Gasteiger partial charge in [-0.1, -0.05) is 17.3 Å². The second-order valence-corrected chi connectivity index (χ2v) is 6.30. The smallest absolute Gasteiger partial charge is 0.309 e. The van der Waals surface area contributed by atoms with Crippen LogP contribution in [0.1, 0.15) is 18.2 Å². The monoisotopic (exact) mass is 306 g/mol. The summed E-state index contributed by atoms with van der Waals surface area (Å²) in [5.41, 5.74) is 1.62. The van der Waals surface area contributed by atoms with Crippen molar-refractivity contribution in [3.63, 3.8) is 0 Å². The molecule has 0 spiro atoms. The third kappa shape index (κ3) is 3.99. The Balaban J connectivity index is 2.12. The van der Waals surface area contributed by atoms with Crippen LogP contribution in [-0.2, 0) is 20.2 Å². The summed E-state index contributed by atoms with van der Waals surface area (Å²) in [6, 6.07) is 9.14. The van der Waals surface area contributed by atoms with Crippen molar-refractivity contribution in [2.24, 2.45) is 0 Å². The number of nitriles is 1. The molecule has 0 aliphatic rings. The van der Waals surface area contributed by atoms with Gasteiger partial charge in [-0.2, -0.15) is 5.26 Å². The van der Waals surface area contributed by atoms with E-state index in [0.29, 0.717) is 23.6 Å². The first kappa shape index (κ1) is 15.4. The Morgan fingerprint density at radius 3 is 2.86 bits per heavy atom. The number of benzene rings is 1. The number of hydrogen-bond donors (Lipinski definition) is 0. The first-order chi connectivity index (χ1) is 10.1. The van der Waals surface area contributed by atoms with E-state index in [0.717, 1.165) is 0 Å². The van der Waals surface area contributed by atoms with Crippen molar-refractivity contribution < 1.29 is 13.6 Å². The quantitative estimate of drug-likeness (QED) is 0.762. The highest BCUT2D eigenvalue weighted by molar-refractivity contribution is 7.52. The van der Waals surface area contributed by atoms with Gasteiger partial charge in [0.15, 0.2) is 0 Å². The Kier molecular flexibility index (Phi) is 4.86. The van der Waals surface area contributed by atoms with E-state index < -0.39 is 7.60 Å². The molecular formula is C13H15N4O3P. The molecule has 0 fully saturated rings. The van der Waals surface area contributed by atoms with Crippen LogP contribution in [0.15, 0.2) is 30.5 Å². The molecule has 0 N–H and O–H groups in total. The van der Waals surface area contributed by atoms with E-state index in [1.807, 2.05) is 6.07 Å². The molecule has 21 heavy (non-hydrogen) atoms. The summed E-state index contributed by atoms with van der Waals surface area (Å²) < 4.78 is 23.5. The summed E-state index contributed by atoms with van der Waals surface area (Å²) in [4.78, 5) is 0. The van der Waals surface area contributed by atoms with Gasteiger partial charge in [-0.25, -0.2) is 4.68 Å². The van der Waals surface area contributed by atoms with Crippen LogP contribution in [0.3, 0.4) is 0 Å². The minimum Gasteiger partial charge on any atom is -0.309 e. The van der Waals surface area contributed by atoms with Crippen LogP contribution in [0.2, 0.25) is 0 Å². The molecule has 0 aliphatic heterocycles. The molecule has 2 aromatic rings. The van der Waals surface area contributed by atoms with E-state index in [9.17, 15) is 4.57 Å². The summed E-state index contributed by atoms with van der Waals surface area (Å²) in [7, 11) is -3.07. The Hall–Kier alpha value is -2.00. The van der Waals surface area contributed by atoms with Crippen LogP contribution >= 0.6 is 7.60 Å². The van der Waals surface area contributed by atoms with Gasteiger partial charge in [-0.15, -0.1) is 5.10 Å². The molecular weight excluding hydrogens is 291 g/mol. The highest BCUT2D eigenvalue weighted by atomic mass is 31.2. The molecule has 2 rings (SSSR count). The molecule has 1 aromatic carbocycles. The predicted molar refractivity (Wildman–Crippen MR) is 76.0 cm³/mol. The van der Waals surface area contributed by atoms with Gasteiger partial charge in [-0.05, 0) is 19.1 Å². The van der Waals surface area contributed by atoms with Gasteiger partial charge in [0, 0.05) is 6.66 Å². The number of para-hydroxylation sites is 1. The fourth-order valence-electron chi connectivity index (χ4n) is 1.71. The molecule has 1 atom stereocenters. The topological polar surface area (TPSA) is 90.0 Å². The van der Waals surface area contributed by atoms with Crippen LogP contribution in [-0.4, -0.2) is 28.3 Å². The molecule has 0 aliphatic carbocycles. The van der Waals surface area contributed by atoms with Crippen LogP contribution in [0.25, 0.3) is 5.69 Å². The number of rotatable bonds is 6. The Bertz CT molecular complexity index is 707. The zero-order valence-electron chi connectivity index (χ0n) is 11.8. The Morgan fingerprint density at radius 2 is 2.14 bits per heavy atom. The molecule has 0 bridgehead atoms. The van der Waals surface area contributed by atoms with Gasteiger partial charge < -0.3 is 9.05 Å². The van der Waals surface area contributed by atoms with Crippen molar-refractivity contribution in [3.05, 3.63) is 41.7 Å². The Morgan fingerprint density at radius 1 is 1.38 bits per heavy atom. The number of nitrogens with zero attached hydrogens (tertiary/aromatic N) is 4. The van der Waals surface area contributed by atoms with Crippen molar-refractivity contribution in [1.82, 2.24) is 15.0 Å². The maximum Gasteiger partial charge on any atom is 0.328 e. The summed E-state index contributed by atoms with van der Waals surface area (Å²) >= 11 is 0. The highest BCUT2D eigenvalue weighted by Gasteiger charge is 2.17. The van der Waals surface area contributed by atoms with Gasteiger partial charge in [-0.3, -0.25) is 4.57 Å². The molecule has 7 nitrogen and oxygen atoms in total. The fourth-order valence-corrected chi connectivity index (χ4v) is 2.62. The van der Waals surface area contributed by atoms with Gasteiger partial charge in [0.05, 0.1) is 24.1 Å². The standard InChI is InChI=1S/C13H15N4O3P/c1-3-19-21(2,18)20-10-12-9-17(16-15-12)13-7-5-4-6-11(13)8-14/h4-7,9H,3,10H2,1-2H3. The summed E-state index contributed by atoms with van der Waals surface area (Å²) in [5.74, 6) is 0. The van der Waals surface area contributed by atoms with Gasteiger partial charge in [0.1, 0.15) is 18.4 Å². The molecule has 110 valence electrons. The van der Waals surface area contributed by atoms with Gasteiger partial charge in [0.2, 0.25) is 0 Å². The average Bonchev–Trinajstić information content (AvgIpc) is 2.94. The lowest BCUT2D eigenvalue weighted by Gasteiger charge is -2.11. The van der Waals surface area contributed by atoms with Crippen molar-refractivity contribution in [2.75, 3.05) is 13.3 Å². The zero-order chi connectivity index (χ0) is 15.3. The predicted octanol–water partition coefficient (Wildman–Crippen LogP) is 2.51. The fraction of sp³-hybridized carbons (Fsp3) is 0.308. The van der Waals surface area contributed by atoms with E-state index in [1.54, 1.807) is 31.3 Å². The van der Waals surface area contributed by atoms with E-state index in [-0.39, 0.29) is 6.61 Å². The molecule has 1 heterocycles. The molecule has 1 aromatic heterocycles. The second-order valence-electron chi connectivity index (χ2n) is 4.25. The SMILES string of the molecule is CCOP(C)(=O)OCc1cn(-c2ccccc2C#N)nn1. The first-order valence-corrected chi connectivity index (χ1v) is 8.32. The van der Waals surface area contributed by atoms with Crippen molar-refractivity contribution in [3.8, 4) is 11.8 Å². The minimum atomic E-state index is -3.07. The first-order valence-electron chi connectivity index (χ1n) is 6.33. The van der Waals surface area contributed by atoms with Crippen LogP contribution in [0.4, 0.5) is 0 Å². The number of aromatic nitrogens is 3. The molecule has 0 amide bonds. The Labute approximate surface area is 122 Å². The lowest BCUT2D eigenvalue weighted by molar-refractivity contribution is 0.207. The third-order valence-corrected chi connectivity index (χ3v) is 3.95. The van der Waals surface area contributed by atoms with Crippen molar-refractivity contribution in [2.45, 2.75) is 13.5 Å². The molecule has 0 saturated carbocycles. The van der Waals surface area contributed by atoms with E-state index >= 15 is 0 Å². The third-order valence-electron chi connectivity index (χ3n) is 2.62.